The van der Waals surface area contributed by atoms with Gasteiger partial charge in [-0.25, -0.2) is 0 Å². The maximum atomic E-state index is 6.62. The van der Waals surface area contributed by atoms with Crippen LogP contribution in [0.3, 0.4) is 0 Å². The molecule has 0 bridgehead atoms. The fraction of sp³-hybridized carbons (Fsp3) is 0. The molecule has 0 aliphatic rings. The second-order valence-corrected chi connectivity index (χ2v) is 12.0. The summed E-state index contributed by atoms with van der Waals surface area (Å²) in [6.45, 7) is 0. The van der Waals surface area contributed by atoms with Crippen LogP contribution in [0.25, 0.3) is 93.2 Å². The van der Waals surface area contributed by atoms with Crippen LogP contribution < -0.4 is 0 Å². The molecule has 0 N–H and O–H groups in total. The highest BCUT2D eigenvalue weighted by molar-refractivity contribution is 6.24. The van der Waals surface area contributed by atoms with Gasteiger partial charge in [0, 0.05) is 27.2 Å². The molecule has 2 nitrogen and oxygen atoms in total. The molecule has 0 aliphatic heterocycles. The highest BCUT2D eigenvalue weighted by Gasteiger charge is 2.21. The number of para-hydroxylation sites is 2. The summed E-state index contributed by atoms with van der Waals surface area (Å²) in [5.41, 5.74) is 10.2. The summed E-state index contributed by atoms with van der Waals surface area (Å²) in [5, 5.41) is 9.70. The monoisotopic (exact) mass is 585 g/mol. The lowest BCUT2D eigenvalue weighted by Crippen LogP contribution is -1.94. The van der Waals surface area contributed by atoms with E-state index in [1.165, 1.54) is 54.6 Å². The molecule has 0 unspecified atom stereocenters. The zero-order valence-electron chi connectivity index (χ0n) is 24.9. The average molecular weight is 586 g/mol. The van der Waals surface area contributed by atoms with Gasteiger partial charge in [-0.3, -0.25) is 0 Å². The summed E-state index contributed by atoms with van der Waals surface area (Å²) in [4.78, 5) is 0. The van der Waals surface area contributed by atoms with Gasteiger partial charge in [-0.1, -0.05) is 127 Å². The third-order valence-electron chi connectivity index (χ3n) is 9.57. The minimum absolute atomic E-state index is 0.909. The van der Waals surface area contributed by atoms with Crippen molar-refractivity contribution >= 4 is 65.3 Å². The van der Waals surface area contributed by atoms with Gasteiger partial charge in [-0.05, 0) is 80.2 Å². The summed E-state index contributed by atoms with van der Waals surface area (Å²) in [7, 11) is 0. The van der Waals surface area contributed by atoms with Crippen LogP contribution in [0.15, 0.2) is 168 Å². The number of benzene rings is 8. The Bertz CT molecular complexity index is 2730. The van der Waals surface area contributed by atoms with Gasteiger partial charge in [0.05, 0.1) is 11.0 Å². The molecule has 0 fully saturated rings. The Morgan fingerprint density at radius 1 is 0.370 bits per heavy atom. The van der Waals surface area contributed by atoms with Crippen molar-refractivity contribution in [2.45, 2.75) is 0 Å². The fourth-order valence-corrected chi connectivity index (χ4v) is 7.64. The second kappa shape index (κ2) is 9.69. The molecule has 8 aromatic carbocycles. The lowest BCUT2D eigenvalue weighted by atomic mass is 9.86. The predicted octanol–water partition coefficient (Wildman–Crippen LogP) is 12.3. The summed E-state index contributed by atoms with van der Waals surface area (Å²) >= 11 is 0. The molecule has 2 heterocycles. The SMILES string of the molecule is c1ccc(-c2c3ccccc3c(-c3ccc4c(c3)c3ccc5c6ccccc6oc5c3n4-c3ccccc3)c3ccccc23)cc1. The van der Waals surface area contributed by atoms with Crippen LogP contribution in [0, 0.1) is 0 Å². The number of hydrogen-bond acceptors (Lipinski definition) is 1. The van der Waals surface area contributed by atoms with Gasteiger partial charge in [-0.15, -0.1) is 0 Å². The van der Waals surface area contributed by atoms with Gasteiger partial charge < -0.3 is 8.98 Å². The van der Waals surface area contributed by atoms with Crippen LogP contribution >= 0.6 is 0 Å². The number of aromatic nitrogens is 1. The topological polar surface area (TPSA) is 18.1 Å². The van der Waals surface area contributed by atoms with Gasteiger partial charge in [0.2, 0.25) is 0 Å². The molecule has 10 aromatic rings. The minimum atomic E-state index is 0.909. The molecule has 0 amide bonds. The van der Waals surface area contributed by atoms with Crippen LogP contribution in [0.5, 0.6) is 0 Å². The van der Waals surface area contributed by atoms with E-state index in [1.54, 1.807) is 0 Å². The van der Waals surface area contributed by atoms with E-state index in [-0.39, 0.29) is 0 Å². The van der Waals surface area contributed by atoms with Gasteiger partial charge >= 0.3 is 0 Å². The van der Waals surface area contributed by atoms with Crippen molar-refractivity contribution in [1.82, 2.24) is 4.57 Å². The first-order chi connectivity index (χ1) is 22.8. The van der Waals surface area contributed by atoms with Gasteiger partial charge in [0.15, 0.2) is 5.58 Å². The van der Waals surface area contributed by atoms with E-state index in [9.17, 15) is 0 Å². The summed E-state index contributed by atoms with van der Waals surface area (Å²) in [6, 6.07) is 59.0. The highest BCUT2D eigenvalue weighted by atomic mass is 16.3. The maximum Gasteiger partial charge on any atom is 0.160 e. The predicted molar refractivity (Wildman–Crippen MR) is 194 cm³/mol. The summed E-state index contributed by atoms with van der Waals surface area (Å²) < 4.78 is 8.99. The van der Waals surface area contributed by atoms with Crippen LogP contribution in [0.1, 0.15) is 0 Å². The number of fused-ring (bicyclic) bond motifs is 9. The third-order valence-corrected chi connectivity index (χ3v) is 9.57. The largest absolute Gasteiger partial charge is 0.454 e. The molecular formula is C44H27NO. The fourth-order valence-electron chi connectivity index (χ4n) is 7.64. The molecule has 2 heteroatoms. The quantitative estimate of drug-likeness (QED) is 0.189. The minimum Gasteiger partial charge on any atom is -0.454 e. The first-order valence-electron chi connectivity index (χ1n) is 15.8. The summed E-state index contributed by atoms with van der Waals surface area (Å²) in [6.07, 6.45) is 0. The first kappa shape index (κ1) is 25.2. The Morgan fingerprint density at radius 2 is 0.913 bits per heavy atom. The molecule has 0 aliphatic carbocycles. The van der Waals surface area contributed by atoms with E-state index >= 15 is 0 Å². The van der Waals surface area contributed by atoms with Gasteiger partial charge in [0.1, 0.15) is 5.58 Å². The Balaban J connectivity index is 1.33. The van der Waals surface area contributed by atoms with Crippen molar-refractivity contribution in [2.24, 2.45) is 0 Å². The van der Waals surface area contributed by atoms with Gasteiger partial charge in [0.25, 0.3) is 0 Å². The zero-order valence-corrected chi connectivity index (χ0v) is 24.9. The van der Waals surface area contributed by atoms with Crippen molar-refractivity contribution in [3.05, 3.63) is 164 Å². The molecule has 0 atom stereocenters. The lowest BCUT2D eigenvalue weighted by molar-refractivity contribution is 0.671. The molecule has 0 spiro atoms. The molecule has 0 saturated heterocycles. The molecule has 0 saturated carbocycles. The van der Waals surface area contributed by atoms with Crippen molar-refractivity contribution in [2.75, 3.05) is 0 Å². The normalized spacial score (nSPS) is 11.9. The number of hydrogen-bond donors (Lipinski definition) is 0. The number of nitrogens with zero attached hydrogens (tertiary/aromatic N) is 1. The molecule has 2 aromatic heterocycles. The molecule has 0 radical (unpaired) electrons. The third kappa shape index (κ3) is 3.53. The average Bonchev–Trinajstić information content (AvgIpc) is 3.67. The number of rotatable bonds is 3. The first-order valence-corrected chi connectivity index (χ1v) is 15.8. The Morgan fingerprint density at radius 3 is 1.59 bits per heavy atom. The smallest absolute Gasteiger partial charge is 0.160 e. The van der Waals surface area contributed by atoms with Crippen molar-refractivity contribution in [1.29, 1.82) is 0 Å². The maximum absolute atomic E-state index is 6.62. The van der Waals surface area contributed by atoms with Crippen molar-refractivity contribution < 1.29 is 4.42 Å². The Hall–Kier alpha value is -6.12. The van der Waals surface area contributed by atoms with Crippen LogP contribution in [0.2, 0.25) is 0 Å². The van der Waals surface area contributed by atoms with Crippen molar-refractivity contribution in [3.8, 4) is 27.9 Å². The molecule has 214 valence electrons. The van der Waals surface area contributed by atoms with Gasteiger partial charge in [-0.2, -0.15) is 0 Å². The van der Waals surface area contributed by atoms with E-state index in [0.717, 1.165) is 38.7 Å². The number of furan rings is 1. The zero-order chi connectivity index (χ0) is 30.2. The van der Waals surface area contributed by atoms with E-state index in [0.29, 0.717) is 0 Å². The van der Waals surface area contributed by atoms with Crippen LogP contribution in [-0.2, 0) is 0 Å². The Labute approximate surface area is 265 Å². The summed E-state index contributed by atoms with van der Waals surface area (Å²) in [5.74, 6) is 0. The molecule has 46 heavy (non-hydrogen) atoms. The van der Waals surface area contributed by atoms with E-state index in [2.05, 4.69) is 162 Å². The van der Waals surface area contributed by atoms with E-state index in [1.807, 2.05) is 6.07 Å². The standard InChI is InChI=1S/C44H27NO/c1-3-13-28(14-4-1)41-32-18-7-9-20-34(32)42(35-21-10-8-19-33(35)41)29-23-26-39-38(27-29)36-24-25-37-31-17-11-12-22-40(31)46-44(37)43(36)45(39)30-15-5-2-6-16-30/h1-27H. The highest BCUT2D eigenvalue weighted by Crippen LogP contribution is 2.46. The van der Waals surface area contributed by atoms with Crippen LogP contribution in [0.4, 0.5) is 0 Å². The van der Waals surface area contributed by atoms with E-state index in [4.69, 9.17) is 4.42 Å². The van der Waals surface area contributed by atoms with Crippen molar-refractivity contribution in [3.63, 3.8) is 0 Å². The second-order valence-electron chi connectivity index (χ2n) is 12.0. The lowest BCUT2D eigenvalue weighted by Gasteiger charge is -2.18. The molecule has 10 rings (SSSR count). The van der Waals surface area contributed by atoms with Crippen LogP contribution in [-0.4, -0.2) is 4.57 Å². The molecular weight excluding hydrogens is 558 g/mol. The van der Waals surface area contributed by atoms with E-state index < -0.39 is 0 Å². The Kier molecular flexibility index (Phi) is 5.31.